The van der Waals surface area contributed by atoms with Gasteiger partial charge >= 0.3 is 0 Å². The molecule has 1 aromatic carbocycles. The summed E-state index contributed by atoms with van der Waals surface area (Å²) in [7, 11) is 3.88. The summed E-state index contributed by atoms with van der Waals surface area (Å²) in [6, 6.07) is 3.88. The molecule has 19 heavy (non-hydrogen) atoms. The standard InChI is InChI=1S/C14H22N2O3/c1-9(2)12(8-16(3)4)15-14(19)11-7-10(17)5-6-13(11)18/h5-7,9,12,17-18H,8H2,1-4H3,(H,15,19). The Morgan fingerprint density at radius 1 is 1.32 bits per heavy atom. The van der Waals surface area contributed by atoms with Crippen molar-refractivity contribution in [2.45, 2.75) is 19.9 Å². The summed E-state index contributed by atoms with van der Waals surface area (Å²) in [6.07, 6.45) is 0. The van der Waals surface area contributed by atoms with E-state index in [4.69, 9.17) is 0 Å². The molecule has 1 unspecified atom stereocenters. The Balaban J connectivity index is 2.84. The van der Waals surface area contributed by atoms with Crippen molar-refractivity contribution >= 4 is 5.91 Å². The number of amides is 1. The van der Waals surface area contributed by atoms with Crippen molar-refractivity contribution in [1.29, 1.82) is 0 Å². The van der Waals surface area contributed by atoms with Crippen LogP contribution in [0.25, 0.3) is 0 Å². The topological polar surface area (TPSA) is 72.8 Å². The van der Waals surface area contributed by atoms with Crippen LogP contribution in [0.3, 0.4) is 0 Å². The summed E-state index contributed by atoms with van der Waals surface area (Å²) in [6.45, 7) is 4.76. The van der Waals surface area contributed by atoms with Gasteiger partial charge in [0.1, 0.15) is 11.5 Å². The van der Waals surface area contributed by atoms with Gasteiger partial charge in [0.15, 0.2) is 0 Å². The highest BCUT2D eigenvalue weighted by molar-refractivity contribution is 5.97. The molecule has 1 amide bonds. The average Bonchev–Trinajstić information content (AvgIpc) is 2.30. The second-order valence-corrected chi connectivity index (χ2v) is 5.29. The Kier molecular flexibility index (Phi) is 5.18. The van der Waals surface area contributed by atoms with Crippen molar-refractivity contribution in [3.05, 3.63) is 23.8 Å². The summed E-state index contributed by atoms with van der Waals surface area (Å²) in [5, 5.41) is 21.9. The van der Waals surface area contributed by atoms with Crippen LogP contribution in [-0.2, 0) is 0 Å². The molecule has 0 heterocycles. The van der Waals surface area contributed by atoms with Crippen LogP contribution in [-0.4, -0.2) is 47.7 Å². The molecule has 0 fully saturated rings. The smallest absolute Gasteiger partial charge is 0.255 e. The highest BCUT2D eigenvalue weighted by Gasteiger charge is 2.20. The van der Waals surface area contributed by atoms with Crippen LogP contribution < -0.4 is 5.32 Å². The van der Waals surface area contributed by atoms with Gasteiger partial charge in [0.2, 0.25) is 0 Å². The lowest BCUT2D eigenvalue weighted by Gasteiger charge is -2.25. The molecule has 0 aliphatic heterocycles. The summed E-state index contributed by atoms with van der Waals surface area (Å²) in [4.78, 5) is 14.1. The molecule has 1 atom stereocenters. The predicted octanol–water partition coefficient (Wildman–Crippen LogP) is 1.41. The number of rotatable bonds is 5. The zero-order chi connectivity index (χ0) is 14.6. The number of nitrogens with zero attached hydrogens (tertiary/aromatic N) is 1. The minimum atomic E-state index is -0.381. The van der Waals surface area contributed by atoms with Crippen LogP contribution in [0, 0.1) is 5.92 Å². The number of phenolic OH excluding ortho intramolecular Hbond substituents is 2. The lowest BCUT2D eigenvalue weighted by molar-refractivity contribution is 0.0913. The molecule has 106 valence electrons. The van der Waals surface area contributed by atoms with E-state index in [0.29, 0.717) is 6.54 Å². The monoisotopic (exact) mass is 266 g/mol. The number of phenols is 2. The minimum absolute atomic E-state index is 0.0238. The Hall–Kier alpha value is -1.75. The van der Waals surface area contributed by atoms with Crippen molar-refractivity contribution in [3.63, 3.8) is 0 Å². The van der Waals surface area contributed by atoms with Crippen molar-refractivity contribution < 1.29 is 15.0 Å². The highest BCUT2D eigenvalue weighted by Crippen LogP contribution is 2.22. The van der Waals surface area contributed by atoms with Crippen LogP contribution in [0.2, 0.25) is 0 Å². The van der Waals surface area contributed by atoms with E-state index >= 15 is 0 Å². The van der Waals surface area contributed by atoms with Crippen molar-refractivity contribution in [3.8, 4) is 11.5 Å². The molecule has 0 bridgehead atoms. The first kappa shape index (κ1) is 15.3. The van der Waals surface area contributed by atoms with Crippen LogP contribution >= 0.6 is 0 Å². The molecule has 0 spiro atoms. The Morgan fingerprint density at radius 3 is 2.47 bits per heavy atom. The van der Waals surface area contributed by atoms with Crippen LogP contribution in [0.15, 0.2) is 18.2 Å². The van der Waals surface area contributed by atoms with Gasteiger partial charge in [0, 0.05) is 12.6 Å². The zero-order valence-electron chi connectivity index (χ0n) is 11.8. The lowest BCUT2D eigenvalue weighted by Crippen LogP contribution is -2.45. The molecule has 0 saturated carbocycles. The van der Waals surface area contributed by atoms with Gasteiger partial charge in [-0.05, 0) is 38.2 Å². The first-order valence-electron chi connectivity index (χ1n) is 6.28. The van der Waals surface area contributed by atoms with Crippen LogP contribution in [0.5, 0.6) is 11.5 Å². The van der Waals surface area contributed by atoms with Gasteiger partial charge in [0.05, 0.1) is 5.56 Å². The van der Waals surface area contributed by atoms with Gasteiger partial charge in [-0.2, -0.15) is 0 Å². The molecule has 0 aromatic heterocycles. The number of carbonyl (C=O) groups is 1. The molecule has 0 aliphatic carbocycles. The molecular weight excluding hydrogens is 244 g/mol. The number of likely N-dealkylation sites (N-methyl/N-ethyl adjacent to an activating group) is 1. The van der Waals surface area contributed by atoms with E-state index < -0.39 is 0 Å². The summed E-state index contributed by atoms with van der Waals surface area (Å²) >= 11 is 0. The molecule has 5 nitrogen and oxygen atoms in total. The first-order chi connectivity index (χ1) is 8.81. The fourth-order valence-corrected chi connectivity index (χ4v) is 1.77. The zero-order valence-corrected chi connectivity index (χ0v) is 11.8. The fourth-order valence-electron chi connectivity index (χ4n) is 1.77. The molecule has 0 saturated heterocycles. The third-order valence-corrected chi connectivity index (χ3v) is 2.91. The fraction of sp³-hybridized carbons (Fsp3) is 0.500. The first-order valence-corrected chi connectivity index (χ1v) is 6.28. The van der Waals surface area contributed by atoms with Gasteiger partial charge < -0.3 is 20.4 Å². The molecule has 0 aliphatic rings. The molecule has 0 radical (unpaired) electrons. The summed E-state index contributed by atoms with van der Waals surface area (Å²) in [5.41, 5.74) is 0.0874. The lowest BCUT2D eigenvalue weighted by atomic mass is 10.0. The normalized spacial score (nSPS) is 12.7. The number of hydrogen-bond acceptors (Lipinski definition) is 4. The maximum atomic E-state index is 12.1. The Morgan fingerprint density at radius 2 is 1.95 bits per heavy atom. The third-order valence-electron chi connectivity index (χ3n) is 2.91. The molecule has 1 aromatic rings. The Bertz CT molecular complexity index is 444. The highest BCUT2D eigenvalue weighted by atomic mass is 16.3. The molecule has 1 rings (SSSR count). The summed E-state index contributed by atoms with van der Waals surface area (Å²) < 4.78 is 0. The Labute approximate surface area is 113 Å². The van der Waals surface area contributed by atoms with Gasteiger partial charge in [0.25, 0.3) is 5.91 Å². The van der Waals surface area contributed by atoms with E-state index in [1.807, 2.05) is 32.8 Å². The largest absolute Gasteiger partial charge is 0.508 e. The van der Waals surface area contributed by atoms with E-state index in [2.05, 4.69) is 5.32 Å². The molecule has 5 heteroatoms. The van der Waals surface area contributed by atoms with Gasteiger partial charge in [-0.25, -0.2) is 0 Å². The minimum Gasteiger partial charge on any atom is -0.508 e. The SMILES string of the molecule is CC(C)C(CN(C)C)NC(=O)c1cc(O)ccc1O. The second-order valence-electron chi connectivity index (χ2n) is 5.29. The number of nitrogens with one attached hydrogen (secondary N) is 1. The predicted molar refractivity (Wildman–Crippen MR) is 74.4 cm³/mol. The molecular formula is C14H22N2O3. The van der Waals surface area contributed by atoms with E-state index in [-0.39, 0.29) is 34.9 Å². The summed E-state index contributed by atoms with van der Waals surface area (Å²) in [5.74, 6) is -0.293. The number of hydrogen-bond donors (Lipinski definition) is 3. The van der Waals surface area contributed by atoms with Gasteiger partial charge in [-0.3, -0.25) is 4.79 Å². The second kappa shape index (κ2) is 6.43. The van der Waals surface area contributed by atoms with Crippen molar-refractivity contribution in [2.24, 2.45) is 5.92 Å². The van der Waals surface area contributed by atoms with Gasteiger partial charge in [-0.15, -0.1) is 0 Å². The van der Waals surface area contributed by atoms with E-state index in [0.717, 1.165) is 0 Å². The van der Waals surface area contributed by atoms with Gasteiger partial charge in [-0.1, -0.05) is 13.8 Å². The van der Waals surface area contributed by atoms with Crippen molar-refractivity contribution in [2.75, 3.05) is 20.6 Å². The average molecular weight is 266 g/mol. The third kappa shape index (κ3) is 4.44. The van der Waals surface area contributed by atoms with E-state index in [1.165, 1.54) is 18.2 Å². The van der Waals surface area contributed by atoms with E-state index in [1.54, 1.807) is 0 Å². The quantitative estimate of drug-likeness (QED) is 0.705. The maximum Gasteiger partial charge on any atom is 0.255 e. The van der Waals surface area contributed by atoms with Crippen molar-refractivity contribution in [1.82, 2.24) is 10.2 Å². The van der Waals surface area contributed by atoms with E-state index in [9.17, 15) is 15.0 Å². The van der Waals surface area contributed by atoms with Crippen LogP contribution in [0.4, 0.5) is 0 Å². The van der Waals surface area contributed by atoms with Crippen LogP contribution in [0.1, 0.15) is 24.2 Å². The number of aromatic hydroxyl groups is 2. The molecule has 3 N–H and O–H groups in total. The maximum absolute atomic E-state index is 12.1. The number of benzene rings is 1. The number of carbonyl (C=O) groups excluding carboxylic acids is 1.